The molecule has 2 unspecified atom stereocenters. The molecule has 13 heavy (non-hydrogen) atoms. The largest absolute Gasteiger partial charge is 0.316 e. The fourth-order valence-electron chi connectivity index (χ4n) is 1.99. The first kappa shape index (κ1) is 10.5. The second-order valence-corrected chi connectivity index (χ2v) is 3.69. The van der Waals surface area contributed by atoms with Gasteiger partial charge in [0, 0.05) is 25.2 Å². The van der Waals surface area contributed by atoms with E-state index < -0.39 is 0 Å². The van der Waals surface area contributed by atoms with Gasteiger partial charge in [-0.25, -0.2) is 0 Å². The molecule has 1 aliphatic heterocycles. The molecule has 0 saturated carbocycles. The summed E-state index contributed by atoms with van der Waals surface area (Å²) in [6.07, 6.45) is 2.98. The zero-order valence-electron chi connectivity index (χ0n) is 8.58. The van der Waals surface area contributed by atoms with Crippen LogP contribution in [0.3, 0.4) is 0 Å². The van der Waals surface area contributed by atoms with E-state index >= 15 is 0 Å². The molecule has 0 aromatic heterocycles. The number of likely N-dealkylation sites (tertiary alicyclic amines) is 1. The minimum Gasteiger partial charge on any atom is -0.316 e. The van der Waals surface area contributed by atoms with Gasteiger partial charge in [0.1, 0.15) is 0 Å². The standard InChI is InChI=1S/C10H19N3/c1-3-10(4-6-11)13-7-5-9(8-13)12-2/h9-10,12H,3-5,7-8H2,1-2H3. The van der Waals surface area contributed by atoms with Gasteiger partial charge in [-0.2, -0.15) is 5.26 Å². The predicted octanol–water partition coefficient (Wildman–Crippen LogP) is 0.972. The lowest BCUT2D eigenvalue weighted by molar-refractivity contribution is 0.234. The van der Waals surface area contributed by atoms with Crippen molar-refractivity contribution in [1.29, 1.82) is 5.26 Å². The fraction of sp³-hybridized carbons (Fsp3) is 0.900. The molecule has 0 spiro atoms. The van der Waals surface area contributed by atoms with E-state index in [1.165, 1.54) is 6.42 Å². The molecule has 0 aromatic rings. The lowest BCUT2D eigenvalue weighted by Crippen LogP contribution is -2.36. The molecule has 1 heterocycles. The van der Waals surface area contributed by atoms with Crippen LogP contribution in [0.15, 0.2) is 0 Å². The van der Waals surface area contributed by atoms with Gasteiger partial charge in [0.25, 0.3) is 0 Å². The topological polar surface area (TPSA) is 39.1 Å². The lowest BCUT2D eigenvalue weighted by atomic mass is 10.1. The van der Waals surface area contributed by atoms with Crippen molar-refractivity contribution >= 4 is 0 Å². The lowest BCUT2D eigenvalue weighted by Gasteiger charge is -2.24. The van der Waals surface area contributed by atoms with Crippen LogP contribution in [0.2, 0.25) is 0 Å². The molecule has 3 heteroatoms. The predicted molar refractivity (Wildman–Crippen MR) is 53.3 cm³/mol. The SMILES string of the molecule is CCC(CC#N)N1CCC(NC)C1. The second-order valence-electron chi connectivity index (χ2n) is 3.69. The Hall–Kier alpha value is -0.590. The van der Waals surface area contributed by atoms with Crippen molar-refractivity contribution in [3.8, 4) is 6.07 Å². The van der Waals surface area contributed by atoms with Crippen molar-refractivity contribution in [2.24, 2.45) is 0 Å². The molecule has 0 amide bonds. The van der Waals surface area contributed by atoms with E-state index in [1.807, 2.05) is 7.05 Å². The Kier molecular flexibility index (Phi) is 4.20. The Balaban J connectivity index is 2.39. The van der Waals surface area contributed by atoms with E-state index in [0.717, 1.165) is 19.5 Å². The Morgan fingerprint density at radius 2 is 2.46 bits per heavy atom. The Labute approximate surface area is 80.7 Å². The second kappa shape index (κ2) is 5.21. The van der Waals surface area contributed by atoms with Crippen molar-refractivity contribution in [2.75, 3.05) is 20.1 Å². The summed E-state index contributed by atoms with van der Waals surface area (Å²) in [7, 11) is 2.01. The van der Waals surface area contributed by atoms with Crippen molar-refractivity contribution in [1.82, 2.24) is 10.2 Å². The normalized spacial score (nSPS) is 25.8. The molecule has 3 nitrogen and oxygen atoms in total. The van der Waals surface area contributed by atoms with E-state index in [-0.39, 0.29) is 0 Å². The van der Waals surface area contributed by atoms with Gasteiger partial charge >= 0.3 is 0 Å². The molecule has 74 valence electrons. The molecular weight excluding hydrogens is 162 g/mol. The molecule has 1 N–H and O–H groups in total. The van der Waals surface area contributed by atoms with Gasteiger partial charge in [0.05, 0.1) is 12.5 Å². The van der Waals surface area contributed by atoms with Crippen LogP contribution in [-0.4, -0.2) is 37.1 Å². The smallest absolute Gasteiger partial charge is 0.0638 e. The Morgan fingerprint density at radius 3 is 2.92 bits per heavy atom. The van der Waals surface area contributed by atoms with E-state index in [1.54, 1.807) is 0 Å². The van der Waals surface area contributed by atoms with Gasteiger partial charge < -0.3 is 5.32 Å². The number of nitrogens with zero attached hydrogens (tertiary/aromatic N) is 2. The van der Waals surface area contributed by atoms with Gasteiger partial charge in [-0.15, -0.1) is 0 Å². The van der Waals surface area contributed by atoms with Gasteiger partial charge in [0.15, 0.2) is 0 Å². The maximum Gasteiger partial charge on any atom is 0.0638 e. The zero-order chi connectivity index (χ0) is 9.68. The first-order valence-corrected chi connectivity index (χ1v) is 5.10. The third kappa shape index (κ3) is 2.68. The number of hydrogen-bond donors (Lipinski definition) is 1. The van der Waals surface area contributed by atoms with Crippen LogP contribution in [0.5, 0.6) is 0 Å². The van der Waals surface area contributed by atoms with Crippen molar-refractivity contribution in [3.05, 3.63) is 0 Å². The average molecular weight is 181 g/mol. The van der Waals surface area contributed by atoms with Gasteiger partial charge in [0.2, 0.25) is 0 Å². The highest BCUT2D eigenvalue weighted by Gasteiger charge is 2.25. The van der Waals surface area contributed by atoms with Crippen LogP contribution in [0.25, 0.3) is 0 Å². The minimum atomic E-state index is 0.475. The molecule has 0 bridgehead atoms. The van der Waals surface area contributed by atoms with Crippen LogP contribution in [0.1, 0.15) is 26.2 Å². The highest BCUT2D eigenvalue weighted by atomic mass is 15.2. The van der Waals surface area contributed by atoms with E-state index in [0.29, 0.717) is 18.5 Å². The van der Waals surface area contributed by atoms with Gasteiger partial charge in [-0.3, -0.25) is 4.90 Å². The first-order valence-electron chi connectivity index (χ1n) is 5.10. The summed E-state index contributed by atoms with van der Waals surface area (Å²) in [5.74, 6) is 0. The minimum absolute atomic E-state index is 0.475. The summed E-state index contributed by atoms with van der Waals surface area (Å²) in [4.78, 5) is 2.43. The summed E-state index contributed by atoms with van der Waals surface area (Å²) in [5, 5.41) is 11.9. The summed E-state index contributed by atoms with van der Waals surface area (Å²) in [6, 6.07) is 3.37. The molecular formula is C10H19N3. The van der Waals surface area contributed by atoms with E-state index in [2.05, 4.69) is 23.2 Å². The van der Waals surface area contributed by atoms with Crippen LogP contribution >= 0.6 is 0 Å². The summed E-state index contributed by atoms with van der Waals surface area (Å²) in [5.41, 5.74) is 0. The number of rotatable bonds is 4. The molecule has 1 aliphatic rings. The summed E-state index contributed by atoms with van der Waals surface area (Å²) < 4.78 is 0. The molecule has 0 aliphatic carbocycles. The number of nitriles is 1. The number of nitrogens with one attached hydrogen (secondary N) is 1. The van der Waals surface area contributed by atoms with E-state index in [4.69, 9.17) is 5.26 Å². The van der Waals surface area contributed by atoms with Crippen LogP contribution in [0, 0.1) is 11.3 Å². The van der Waals surface area contributed by atoms with Gasteiger partial charge in [-0.1, -0.05) is 6.92 Å². The third-order valence-electron chi connectivity index (χ3n) is 2.94. The average Bonchev–Trinajstić information content (AvgIpc) is 2.62. The summed E-state index contributed by atoms with van der Waals surface area (Å²) >= 11 is 0. The van der Waals surface area contributed by atoms with Crippen molar-refractivity contribution < 1.29 is 0 Å². The van der Waals surface area contributed by atoms with Crippen molar-refractivity contribution in [3.63, 3.8) is 0 Å². The number of hydrogen-bond acceptors (Lipinski definition) is 3. The van der Waals surface area contributed by atoms with Gasteiger partial charge in [-0.05, 0) is 19.9 Å². The molecule has 0 aromatic carbocycles. The monoisotopic (exact) mass is 181 g/mol. The Morgan fingerprint density at radius 1 is 1.69 bits per heavy atom. The quantitative estimate of drug-likeness (QED) is 0.702. The first-order chi connectivity index (χ1) is 6.31. The highest BCUT2D eigenvalue weighted by Crippen LogP contribution is 2.16. The fourth-order valence-corrected chi connectivity index (χ4v) is 1.99. The maximum atomic E-state index is 8.66. The summed E-state index contributed by atoms with van der Waals surface area (Å²) in [6.45, 7) is 4.41. The molecule has 1 rings (SSSR count). The zero-order valence-corrected chi connectivity index (χ0v) is 8.58. The molecule has 1 fully saturated rings. The van der Waals surface area contributed by atoms with Crippen LogP contribution in [-0.2, 0) is 0 Å². The number of likely N-dealkylation sites (N-methyl/N-ethyl adjacent to an activating group) is 1. The highest BCUT2D eigenvalue weighted by molar-refractivity contribution is 4.88. The molecule has 0 radical (unpaired) electrons. The van der Waals surface area contributed by atoms with E-state index in [9.17, 15) is 0 Å². The van der Waals surface area contributed by atoms with Crippen LogP contribution < -0.4 is 5.32 Å². The molecule has 1 saturated heterocycles. The van der Waals surface area contributed by atoms with Crippen LogP contribution in [0.4, 0.5) is 0 Å². The Bertz CT molecular complexity index is 185. The third-order valence-corrected chi connectivity index (χ3v) is 2.94. The van der Waals surface area contributed by atoms with Crippen molar-refractivity contribution in [2.45, 2.75) is 38.3 Å². The maximum absolute atomic E-state index is 8.66. The molecule has 2 atom stereocenters.